The van der Waals surface area contributed by atoms with Crippen molar-refractivity contribution >= 4 is 21.5 Å². The van der Waals surface area contributed by atoms with Gasteiger partial charge in [-0.1, -0.05) is 30.3 Å². The van der Waals surface area contributed by atoms with Crippen LogP contribution in [0.3, 0.4) is 0 Å². The van der Waals surface area contributed by atoms with E-state index in [1.165, 1.54) is 12.1 Å². The van der Waals surface area contributed by atoms with E-state index in [9.17, 15) is 8.42 Å². The van der Waals surface area contributed by atoms with Gasteiger partial charge in [0.2, 0.25) is 10.0 Å². The van der Waals surface area contributed by atoms with Crippen LogP contribution in [-0.4, -0.2) is 48.4 Å². The maximum atomic E-state index is 12.2. The Morgan fingerprint density at radius 2 is 1.84 bits per heavy atom. The van der Waals surface area contributed by atoms with Crippen LogP contribution in [-0.2, 0) is 16.6 Å². The normalized spacial score (nSPS) is 11.6. The molecule has 0 radical (unpaired) electrons. The molecule has 4 aromatic rings. The lowest BCUT2D eigenvalue weighted by atomic mass is 10.1. The molecule has 0 spiro atoms. The second-order valence-corrected chi connectivity index (χ2v) is 8.73. The second kappa shape index (κ2) is 9.35. The van der Waals surface area contributed by atoms with Crippen LogP contribution < -0.4 is 14.8 Å². The summed E-state index contributed by atoms with van der Waals surface area (Å²) < 4.78 is 34.0. The van der Waals surface area contributed by atoms with Gasteiger partial charge >= 0.3 is 0 Å². The number of benzene rings is 2. The number of methoxy groups -OCH3 is 1. The van der Waals surface area contributed by atoms with Gasteiger partial charge in [0.15, 0.2) is 5.65 Å². The van der Waals surface area contributed by atoms with Crippen molar-refractivity contribution in [2.45, 2.75) is 11.4 Å². The molecule has 2 aromatic heterocycles. The molecule has 9 nitrogen and oxygen atoms in total. The van der Waals surface area contributed by atoms with Crippen LogP contribution in [0.4, 0.5) is 5.82 Å². The van der Waals surface area contributed by atoms with Crippen LogP contribution >= 0.6 is 0 Å². The van der Waals surface area contributed by atoms with E-state index in [-0.39, 0.29) is 18.0 Å². The van der Waals surface area contributed by atoms with Crippen molar-refractivity contribution in [3.05, 3.63) is 72.6 Å². The minimum absolute atomic E-state index is 0.0340. The summed E-state index contributed by atoms with van der Waals surface area (Å²) in [7, 11) is -2.02. The molecule has 0 saturated heterocycles. The fraction of sp³-hybridized carbons (Fsp3) is 0.182. The van der Waals surface area contributed by atoms with E-state index in [2.05, 4.69) is 20.2 Å². The maximum absolute atomic E-state index is 12.2. The van der Waals surface area contributed by atoms with E-state index < -0.39 is 10.0 Å². The van der Waals surface area contributed by atoms with E-state index in [4.69, 9.17) is 9.84 Å². The summed E-state index contributed by atoms with van der Waals surface area (Å²) in [4.78, 5) is 0.127. The van der Waals surface area contributed by atoms with Crippen molar-refractivity contribution in [3.8, 4) is 16.9 Å². The van der Waals surface area contributed by atoms with Crippen LogP contribution in [0.1, 0.15) is 5.56 Å². The molecule has 4 rings (SSSR count). The first-order valence-corrected chi connectivity index (χ1v) is 11.4. The zero-order chi connectivity index (χ0) is 22.6. The average Bonchev–Trinajstić information content (AvgIpc) is 3.32. The fourth-order valence-corrected chi connectivity index (χ4v) is 4.41. The van der Waals surface area contributed by atoms with E-state index in [0.717, 1.165) is 28.3 Å². The summed E-state index contributed by atoms with van der Waals surface area (Å²) in [6.45, 7) is 0.261. The van der Waals surface area contributed by atoms with E-state index in [0.29, 0.717) is 12.2 Å². The third-order valence-electron chi connectivity index (χ3n) is 4.99. The van der Waals surface area contributed by atoms with Gasteiger partial charge in [0.05, 0.1) is 18.6 Å². The van der Waals surface area contributed by atoms with Crippen LogP contribution in [0.5, 0.6) is 5.75 Å². The predicted molar refractivity (Wildman–Crippen MR) is 121 cm³/mol. The number of sulfonamides is 1. The van der Waals surface area contributed by atoms with Crippen LogP contribution in [0, 0.1) is 0 Å². The first-order chi connectivity index (χ1) is 15.5. The number of hydrogen-bond acceptors (Lipinski definition) is 7. The lowest BCUT2D eigenvalue weighted by molar-refractivity contribution is 0.301. The SMILES string of the molecule is COc1ccccc1CNc1ccc(-c2ccc(S(=O)(=O)NCCO)cc2)c2nncn12. The number of pyridine rings is 1. The predicted octanol–water partition coefficient (Wildman–Crippen LogP) is 2.29. The topological polar surface area (TPSA) is 118 Å². The monoisotopic (exact) mass is 453 g/mol. The van der Waals surface area contributed by atoms with Gasteiger partial charge in [-0.3, -0.25) is 4.40 Å². The molecular formula is C22H23N5O4S. The molecule has 10 heteroatoms. The summed E-state index contributed by atoms with van der Waals surface area (Å²) in [5, 5.41) is 20.5. The highest BCUT2D eigenvalue weighted by Gasteiger charge is 2.15. The minimum Gasteiger partial charge on any atom is -0.496 e. The Kier molecular flexibility index (Phi) is 6.35. The number of rotatable bonds is 9. The quantitative estimate of drug-likeness (QED) is 0.356. The first kappa shape index (κ1) is 21.8. The summed E-state index contributed by atoms with van der Waals surface area (Å²) in [5.41, 5.74) is 3.29. The molecule has 0 aliphatic heterocycles. The number of para-hydroxylation sites is 1. The highest BCUT2D eigenvalue weighted by Crippen LogP contribution is 2.28. The molecule has 0 aliphatic carbocycles. The van der Waals surface area contributed by atoms with Gasteiger partial charge < -0.3 is 15.2 Å². The number of nitrogens with one attached hydrogen (secondary N) is 2. The third kappa shape index (κ3) is 4.42. The highest BCUT2D eigenvalue weighted by molar-refractivity contribution is 7.89. The number of fused-ring (bicyclic) bond motifs is 1. The fourth-order valence-electron chi connectivity index (χ4n) is 3.39. The number of ether oxygens (including phenoxy) is 1. The molecule has 0 aliphatic rings. The van der Waals surface area contributed by atoms with Crippen molar-refractivity contribution in [1.29, 1.82) is 0 Å². The Labute approximate surface area is 185 Å². The summed E-state index contributed by atoms with van der Waals surface area (Å²) in [6, 6.07) is 18.1. The molecule has 0 unspecified atom stereocenters. The standard InChI is InChI=1S/C22H23N5O4S/c1-31-20-5-3-2-4-17(20)14-23-21-11-10-19(22-26-24-15-27(21)22)16-6-8-18(9-7-16)32(29,30)25-12-13-28/h2-11,15,23,25,28H,12-14H2,1H3. The van der Waals surface area contributed by atoms with E-state index in [1.807, 2.05) is 40.8 Å². The summed E-state index contributed by atoms with van der Waals surface area (Å²) in [5.74, 6) is 1.62. The third-order valence-corrected chi connectivity index (χ3v) is 6.46. The molecule has 0 bridgehead atoms. The first-order valence-electron chi connectivity index (χ1n) is 9.93. The van der Waals surface area contributed by atoms with Crippen LogP contribution in [0.2, 0.25) is 0 Å². The zero-order valence-corrected chi connectivity index (χ0v) is 18.2. The molecule has 0 atom stereocenters. The average molecular weight is 454 g/mol. The van der Waals surface area contributed by atoms with Gasteiger partial charge in [-0.05, 0) is 35.9 Å². The van der Waals surface area contributed by atoms with Gasteiger partial charge in [-0.15, -0.1) is 10.2 Å². The van der Waals surface area contributed by atoms with Gasteiger partial charge in [0.1, 0.15) is 17.9 Å². The number of hydrogen-bond donors (Lipinski definition) is 3. The van der Waals surface area contributed by atoms with Gasteiger partial charge in [0, 0.05) is 24.2 Å². The van der Waals surface area contributed by atoms with Gasteiger partial charge in [-0.2, -0.15) is 0 Å². The number of aliphatic hydroxyl groups is 1. The largest absolute Gasteiger partial charge is 0.496 e. The van der Waals surface area contributed by atoms with Crippen molar-refractivity contribution in [1.82, 2.24) is 19.3 Å². The highest BCUT2D eigenvalue weighted by atomic mass is 32.2. The smallest absolute Gasteiger partial charge is 0.240 e. The molecule has 0 amide bonds. The number of anilines is 1. The Morgan fingerprint density at radius 1 is 1.06 bits per heavy atom. The van der Waals surface area contributed by atoms with Crippen molar-refractivity contribution < 1.29 is 18.3 Å². The number of aliphatic hydroxyl groups excluding tert-OH is 1. The van der Waals surface area contributed by atoms with Crippen molar-refractivity contribution in [3.63, 3.8) is 0 Å². The Hall–Kier alpha value is -3.47. The summed E-state index contributed by atoms with van der Waals surface area (Å²) in [6.07, 6.45) is 1.63. The number of nitrogens with zero attached hydrogens (tertiary/aromatic N) is 3. The lowest BCUT2D eigenvalue weighted by Crippen LogP contribution is -2.26. The molecule has 0 saturated carbocycles. The van der Waals surface area contributed by atoms with Crippen LogP contribution in [0.15, 0.2) is 71.9 Å². The summed E-state index contributed by atoms with van der Waals surface area (Å²) >= 11 is 0. The van der Waals surface area contributed by atoms with Crippen LogP contribution in [0.25, 0.3) is 16.8 Å². The Bertz CT molecular complexity index is 1320. The zero-order valence-electron chi connectivity index (χ0n) is 17.4. The Morgan fingerprint density at radius 3 is 2.59 bits per heavy atom. The molecule has 0 fully saturated rings. The molecular weight excluding hydrogens is 430 g/mol. The molecule has 2 aromatic carbocycles. The second-order valence-electron chi connectivity index (χ2n) is 6.97. The Balaban J connectivity index is 1.60. The van der Waals surface area contributed by atoms with Gasteiger partial charge in [0.25, 0.3) is 0 Å². The molecule has 32 heavy (non-hydrogen) atoms. The maximum Gasteiger partial charge on any atom is 0.240 e. The van der Waals surface area contributed by atoms with E-state index >= 15 is 0 Å². The van der Waals surface area contributed by atoms with Crippen molar-refractivity contribution in [2.24, 2.45) is 0 Å². The molecule has 166 valence electrons. The molecule has 2 heterocycles. The molecule has 3 N–H and O–H groups in total. The number of aromatic nitrogens is 3. The van der Waals surface area contributed by atoms with Crippen molar-refractivity contribution in [2.75, 3.05) is 25.6 Å². The van der Waals surface area contributed by atoms with E-state index in [1.54, 1.807) is 25.6 Å². The lowest BCUT2D eigenvalue weighted by Gasteiger charge is -2.13. The van der Waals surface area contributed by atoms with Gasteiger partial charge in [-0.25, -0.2) is 13.1 Å². The minimum atomic E-state index is -3.66.